The summed E-state index contributed by atoms with van der Waals surface area (Å²) in [6.45, 7) is 3.91. The first-order valence-electron chi connectivity index (χ1n) is 13.5. The fourth-order valence-electron chi connectivity index (χ4n) is 7.16. The van der Waals surface area contributed by atoms with Gasteiger partial charge >= 0.3 is 0 Å². The predicted octanol–water partition coefficient (Wildman–Crippen LogP) is 6.30. The average molecular weight is 528 g/mol. The molecule has 0 unspecified atom stereocenters. The van der Waals surface area contributed by atoms with E-state index in [4.69, 9.17) is 21.6 Å². The Hall–Kier alpha value is -3.52. The number of hydrogen-bond acceptors (Lipinski definition) is 5. The second-order valence-electron chi connectivity index (χ2n) is 11.0. The second kappa shape index (κ2) is 7.99. The molecule has 0 bridgehead atoms. The third-order valence-corrected chi connectivity index (χ3v) is 9.65. The van der Waals surface area contributed by atoms with Crippen molar-refractivity contribution in [3.05, 3.63) is 65.2 Å². The molecule has 3 fully saturated rings. The van der Waals surface area contributed by atoms with Gasteiger partial charge in [0.2, 0.25) is 5.65 Å². The molecule has 2 saturated carbocycles. The lowest BCUT2D eigenvalue weighted by atomic mass is 9.88. The number of aromatic nitrogens is 6. The first-order chi connectivity index (χ1) is 18.6. The summed E-state index contributed by atoms with van der Waals surface area (Å²) < 4.78 is 16.9. The zero-order chi connectivity index (χ0) is 25.6. The van der Waals surface area contributed by atoms with E-state index >= 15 is 0 Å². The summed E-state index contributed by atoms with van der Waals surface area (Å²) in [7, 11) is 0. The van der Waals surface area contributed by atoms with Gasteiger partial charge in [-0.1, -0.05) is 36.7 Å². The lowest BCUT2D eigenvalue weighted by Crippen LogP contribution is -2.32. The quantitative estimate of drug-likeness (QED) is 0.290. The van der Waals surface area contributed by atoms with Gasteiger partial charge < -0.3 is 4.90 Å². The van der Waals surface area contributed by atoms with Crippen LogP contribution in [0.3, 0.4) is 0 Å². The molecule has 1 saturated heterocycles. The van der Waals surface area contributed by atoms with Crippen molar-refractivity contribution in [3.8, 4) is 11.3 Å². The minimum atomic E-state index is -0.0858. The Kier molecular flexibility index (Phi) is 4.72. The lowest BCUT2D eigenvalue weighted by Gasteiger charge is -2.26. The zero-order valence-corrected chi connectivity index (χ0v) is 21.8. The minimum absolute atomic E-state index is 0.0835. The van der Waals surface area contributed by atoms with Crippen molar-refractivity contribution in [2.45, 2.75) is 44.1 Å². The van der Waals surface area contributed by atoms with Crippen LogP contribution in [0.2, 0.25) is 5.02 Å². The summed E-state index contributed by atoms with van der Waals surface area (Å²) in [4.78, 5) is 11.9. The monoisotopic (exact) mass is 527 g/mol. The Balaban J connectivity index is 1.10. The number of anilines is 1. The van der Waals surface area contributed by atoms with E-state index in [-0.39, 0.29) is 11.2 Å². The SMILES string of the molecule is CC[C@]1(c2ccccc2F)[C@@H]2CCN(c3cnc4c(-c5ccc6c(cnn6C6CC6)c5Cl)[nH]nc4n3)C[C@@H]21. The molecule has 0 radical (unpaired) electrons. The molecule has 1 N–H and O–H groups in total. The van der Waals surface area contributed by atoms with E-state index in [0.29, 0.717) is 34.1 Å². The molecule has 3 aromatic heterocycles. The van der Waals surface area contributed by atoms with Gasteiger partial charge in [0, 0.05) is 29.5 Å². The highest BCUT2D eigenvalue weighted by Gasteiger charge is 2.65. The smallest absolute Gasteiger partial charge is 0.202 e. The topological polar surface area (TPSA) is 75.5 Å². The molecule has 8 rings (SSSR count). The fourth-order valence-corrected chi connectivity index (χ4v) is 7.46. The van der Waals surface area contributed by atoms with Gasteiger partial charge in [-0.2, -0.15) is 10.2 Å². The van der Waals surface area contributed by atoms with Crippen LogP contribution < -0.4 is 4.90 Å². The Morgan fingerprint density at radius 3 is 2.79 bits per heavy atom. The molecule has 1 aliphatic heterocycles. The number of piperidine rings is 1. The summed E-state index contributed by atoms with van der Waals surface area (Å²) in [6.07, 6.45) is 7.97. The Morgan fingerprint density at radius 1 is 1.11 bits per heavy atom. The molecular weight excluding hydrogens is 501 g/mol. The van der Waals surface area contributed by atoms with Gasteiger partial charge in [-0.15, -0.1) is 0 Å². The predicted molar refractivity (Wildman–Crippen MR) is 146 cm³/mol. The third kappa shape index (κ3) is 3.06. The minimum Gasteiger partial charge on any atom is -0.355 e. The van der Waals surface area contributed by atoms with Crippen LogP contribution in [-0.4, -0.2) is 43.0 Å². The van der Waals surface area contributed by atoms with Crippen molar-refractivity contribution in [2.75, 3.05) is 18.0 Å². The first-order valence-corrected chi connectivity index (χ1v) is 13.8. The number of rotatable bonds is 5. The van der Waals surface area contributed by atoms with Crippen LogP contribution >= 0.6 is 11.6 Å². The maximum Gasteiger partial charge on any atom is 0.202 e. The fraction of sp³-hybridized carbons (Fsp3) is 0.379. The van der Waals surface area contributed by atoms with Crippen LogP contribution in [-0.2, 0) is 5.41 Å². The van der Waals surface area contributed by atoms with Crippen molar-refractivity contribution in [3.63, 3.8) is 0 Å². The van der Waals surface area contributed by atoms with Crippen molar-refractivity contribution in [2.24, 2.45) is 11.8 Å². The number of nitrogens with one attached hydrogen (secondary N) is 1. The Labute approximate surface area is 224 Å². The van der Waals surface area contributed by atoms with Gasteiger partial charge in [0.15, 0.2) is 0 Å². The van der Waals surface area contributed by atoms with Crippen molar-refractivity contribution in [1.82, 2.24) is 29.9 Å². The maximum absolute atomic E-state index is 14.8. The Morgan fingerprint density at radius 2 is 1.97 bits per heavy atom. The molecule has 0 spiro atoms. The number of benzene rings is 2. The maximum atomic E-state index is 14.8. The molecule has 9 heteroatoms. The first kappa shape index (κ1) is 22.5. The van der Waals surface area contributed by atoms with E-state index in [1.807, 2.05) is 30.6 Å². The van der Waals surface area contributed by atoms with Gasteiger partial charge in [-0.3, -0.25) is 9.78 Å². The number of hydrogen-bond donors (Lipinski definition) is 1. The van der Waals surface area contributed by atoms with E-state index in [9.17, 15) is 4.39 Å². The van der Waals surface area contributed by atoms with Crippen molar-refractivity contribution >= 4 is 39.5 Å². The standard InChI is InChI=1S/C29H27ClFN7/c1-2-29(20-5-3-4-6-22(20)31)19-11-12-37(15-21(19)29)24-14-32-27-26(35-36-28(27)34-24)17-9-10-23-18(25(17)30)13-33-38(23)16-7-8-16/h3-6,9-10,13-14,16,19,21H,2,7-8,11-12,15H2,1H3,(H,34,35,36)/t19-,21+,29-/m1/s1. The third-order valence-electron chi connectivity index (χ3n) is 9.24. The van der Waals surface area contributed by atoms with Crippen LogP contribution in [0.4, 0.5) is 10.2 Å². The number of nitrogens with zero attached hydrogens (tertiary/aromatic N) is 6. The van der Waals surface area contributed by atoms with E-state index in [0.717, 1.165) is 59.5 Å². The second-order valence-corrected chi connectivity index (χ2v) is 11.4. The molecule has 4 heterocycles. The van der Waals surface area contributed by atoms with Crippen LogP contribution in [0, 0.1) is 17.7 Å². The highest BCUT2D eigenvalue weighted by atomic mass is 35.5. The van der Waals surface area contributed by atoms with E-state index in [1.54, 1.807) is 12.1 Å². The summed E-state index contributed by atoms with van der Waals surface area (Å²) in [5.41, 5.74) is 4.71. The summed E-state index contributed by atoms with van der Waals surface area (Å²) >= 11 is 6.86. The highest BCUT2D eigenvalue weighted by Crippen LogP contribution is 2.65. The van der Waals surface area contributed by atoms with Gasteiger partial charge in [0.1, 0.15) is 17.2 Å². The van der Waals surface area contributed by atoms with Crippen molar-refractivity contribution in [1.29, 1.82) is 0 Å². The van der Waals surface area contributed by atoms with Gasteiger partial charge in [0.25, 0.3) is 0 Å². The normalized spacial score (nSPS) is 24.8. The van der Waals surface area contributed by atoms with Crippen LogP contribution in [0.25, 0.3) is 33.3 Å². The van der Waals surface area contributed by atoms with Crippen LogP contribution in [0.15, 0.2) is 48.8 Å². The molecule has 7 nitrogen and oxygen atoms in total. The summed E-state index contributed by atoms with van der Waals surface area (Å²) in [6, 6.07) is 11.9. The Bertz CT molecular complexity index is 1720. The molecule has 192 valence electrons. The van der Waals surface area contributed by atoms with Gasteiger partial charge in [-0.25, -0.2) is 14.4 Å². The average Bonchev–Trinajstić information content (AvgIpc) is 3.80. The molecule has 38 heavy (non-hydrogen) atoms. The summed E-state index contributed by atoms with van der Waals surface area (Å²) in [5, 5.41) is 13.8. The molecule has 3 aliphatic rings. The highest BCUT2D eigenvalue weighted by molar-refractivity contribution is 6.38. The van der Waals surface area contributed by atoms with Crippen LogP contribution in [0.5, 0.6) is 0 Å². The van der Waals surface area contributed by atoms with E-state index in [2.05, 4.69) is 37.9 Å². The molecule has 3 atom stereocenters. The zero-order valence-electron chi connectivity index (χ0n) is 21.0. The molecule has 5 aromatic rings. The number of halogens is 2. The molecular formula is C29H27ClFN7. The van der Waals surface area contributed by atoms with E-state index < -0.39 is 0 Å². The van der Waals surface area contributed by atoms with Crippen LogP contribution in [0.1, 0.15) is 44.2 Å². The molecule has 0 amide bonds. The number of H-pyrrole nitrogens is 1. The molecule has 2 aliphatic carbocycles. The van der Waals surface area contributed by atoms with Gasteiger partial charge in [0.05, 0.1) is 34.7 Å². The number of aromatic amines is 1. The summed E-state index contributed by atoms with van der Waals surface area (Å²) in [5.74, 6) is 1.65. The number of fused-ring (bicyclic) bond motifs is 3. The molecule has 2 aromatic carbocycles. The van der Waals surface area contributed by atoms with Crippen molar-refractivity contribution < 1.29 is 4.39 Å². The van der Waals surface area contributed by atoms with E-state index in [1.165, 1.54) is 12.8 Å². The van der Waals surface area contributed by atoms with Gasteiger partial charge in [-0.05, 0) is 61.3 Å². The largest absolute Gasteiger partial charge is 0.355 e. The lowest BCUT2D eigenvalue weighted by molar-refractivity contribution is 0.516.